The lowest BCUT2D eigenvalue weighted by Crippen LogP contribution is -2.43. The van der Waals surface area contributed by atoms with Crippen LogP contribution in [0.3, 0.4) is 0 Å². The number of nitrogens with one attached hydrogen (secondary N) is 2. The highest BCUT2D eigenvalue weighted by Crippen LogP contribution is 2.36. The van der Waals surface area contributed by atoms with Gasteiger partial charge in [-0.15, -0.1) is 13.2 Å². The molecule has 4 atom stereocenters. The van der Waals surface area contributed by atoms with Crippen LogP contribution in [0.15, 0.2) is 73.3 Å². The minimum atomic E-state index is -4.80. The number of aromatic nitrogens is 2. The van der Waals surface area contributed by atoms with Gasteiger partial charge in [0, 0.05) is 62.1 Å². The second kappa shape index (κ2) is 14.2. The first-order valence-electron chi connectivity index (χ1n) is 12.5. The van der Waals surface area contributed by atoms with Crippen LogP contribution in [0.5, 0.6) is 11.5 Å². The van der Waals surface area contributed by atoms with Crippen LogP contribution in [0.1, 0.15) is 23.3 Å². The number of aliphatic hydroxyl groups is 1. The van der Waals surface area contributed by atoms with Crippen LogP contribution < -0.4 is 20.1 Å². The highest BCUT2D eigenvalue weighted by atomic mass is 19.4. The van der Waals surface area contributed by atoms with E-state index in [-0.39, 0.29) is 18.0 Å². The number of morpholine rings is 2. The van der Waals surface area contributed by atoms with Crippen LogP contribution in [0.2, 0.25) is 0 Å². The smallest absolute Gasteiger partial charge is 0.479 e. The molecule has 2 aliphatic rings. The third kappa shape index (κ3) is 8.87. The van der Waals surface area contributed by atoms with Crippen molar-refractivity contribution >= 4 is 0 Å². The number of pyridine rings is 2. The molecule has 0 spiro atoms. The first-order valence-corrected chi connectivity index (χ1v) is 12.5. The number of aliphatic hydroxyl groups excluding tert-OH is 1. The number of nitrogens with zero attached hydrogens (tertiary/aromatic N) is 2. The Morgan fingerprint density at radius 1 is 0.821 bits per heavy atom. The third-order valence-corrected chi connectivity index (χ3v) is 5.97. The van der Waals surface area contributed by atoms with Crippen LogP contribution >= 0.6 is 0 Å². The molecule has 2 aliphatic heterocycles. The van der Waals surface area contributed by atoms with Crippen molar-refractivity contribution in [2.45, 2.75) is 30.8 Å². The molecule has 0 bridgehead atoms. The lowest BCUT2D eigenvalue weighted by atomic mass is 10.1. The van der Waals surface area contributed by atoms with Crippen molar-refractivity contribution in [3.8, 4) is 11.5 Å². The maximum absolute atomic E-state index is 12.6. The number of para-hydroxylation sites is 2. The van der Waals surface area contributed by atoms with E-state index in [4.69, 9.17) is 14.2 Å². The van der Waals surface area contributed by atoms with Gasteiger partial charge in [0.05, 0.1) is 13.2 Å². The fourth-order valence-corrected chi connectivity index (χ4v) is 4.13. The second-order valence-electron chi connectivity index (χ2n) is 8.78. The van der Waals surface area contributed by atoms with Crippen LogP contribution in [-0.2, 0) is 9.47 Å². The molecular weight excluding hydrogens is 517 g/mol. The zero-order valence-electron chi connectivity index (χ0n) is 21.1. The van der Waals surface area contributed by atoms with E-state index < -0.39 is 24.3 Å². The van der Waals surface area contributed by atoms with Gasteiger partial charge in [-0.05, 0) is 24.3 Å². The summed E-state index contributed by atoms with van der Waals surface area (Å²) >= 11 is 0. The maximum atomic E-state index is 12.6. The van der Waals surface area contributed by atoms with Crippen molar-refractivity contribution in [2.75, 3.05) is 39.4 Å². The summed E-state index contributed by atoms with van der Waals surface area (Å²) in [5, 5.41) is 16.3. The van der Waals surface area contributed by atoms with Gasteiger partial charge in [-0.1, -0.05) is 24.3 Å². The Labute approximate surface area is 224 Å². The molecule has 0 amide bonds. The Hall–Kier alpha value is -3.29. The molecule has 4 heterocycles. The predicted octanol–water partition coefficient (Wildman–Crippen LogP) is 3.19. The third-order valence-electron chi connectivity index (χ3n) is 5.97. The van der Waals surface area contributed by atoms with E-state index in [1.165, 1.54) is 18.2 Å². The standard InChI is InChI=1S/C17H17F3N2O3.C10H14N2O2/c18-17(19,20)25-14-6-2-1-5-13(14)24-16(12-4-3-7-21-10-12)15-11-22-8-9-23-15;13-10(8-2-1-3-11-6-8)9-7-12-4-5-14-9/h1-7,10,15-16,22H,8-9,11H2;1-3,6,9-10,12-13H,4-5,7H2/t15-,16+;/m1./s1. The number of benzene rings is 1. The summed E-state index contributed by atoms with van der Waals surface area (Å²) in [6.07, 6.45) is 0.0445. The van der Waals surface area contributed by atoms with Crippen LogP contribution in [0, 0.1) is 0 Å². The molecule has 0 saturated carbocycles. The Morgan fingerprint density at radius 3 is 1.95 bits per heavy atom. The van der Waals surface area contributed by atoms with Gasteiger partial charge in [0.2, 0.25) is 0 Å². The van der Waals surface area contributed by atoms with E-state index in [0.717, 1.165) is 12.1 Å². The normalized spacial score (nSPS) is 21.1. The molecule has 2 aromatic heterocycles. The van der Waals surface area contributed by atoms with E-state index in [0.29, 0.717) is 38.4 Å². The van der Waals surface area contributed by atoms with Crippen LogP contribution in [0.25, 0.3) is 0 Å². The molecule has 1 aromatic carbocycles. The number of alkyl halides is 3. The number of hydrogen-bond acceptors (Lipinski definition) is 9. The number of ether oxygens (including phenoxy) is 4. The molecule has 3 N–H and O–H groups in total. The number of rotatable bonds is 7. The van der Waals surface area contributed by atoms with Gasteiger partial charge >= 0.3 is 6.36 Å². The predicted molar refractivity (Wildman–Crippen MR) is 135 cm³/mol. The quantitative estimate of drug-likeness (QED) is 0.410. The van der Waals surface area contributed by atoms with E-state index in [1.54, 1.807) is 43.0 Å². The highest BCUT2D eigenvalue weighted by Gasteiger charge is 2.34. The Bertz CT molecular complexity index is 1120. The lowest BCUT2D eigenvalue weighted by molar-refractivity contribution is -0.275. The van der Waals surface area contributed by atoms with Gasteiger partial charge in [-0.2, -0.15) is 0 Å². The number of hydrogen-bond donors (Lipinski definition) is 3. The van der Waals surface area contributed by atoms with Gasteiger partial charge in [0.15, 0.2) is 17.6 Å². The van der Waals surface area contributed by atoms with Crippen molar-refractivity contribution in [3.05, 3.63) is 84.4 Å². The molecule has 210 valence electrons. The molecule has 0 radical (unpaired) electrons. The molecule has 2 fully saturated rings. The summed E-state index contributed by atoms with van der Waals surface area (Å²) in [5.74, 6) is -0.407. The molecule has 2 unspecified atom stereocenters. The zero-order valence-corrected chi connectivity index (χ0v) is 21.1. The van der Waals surface area contributed by atoms with Gasteiger partial charge < -0.3 is 34.7 Å². The highest BCUT2D eigenvalue weighted by molar-refractivity contribution is 5.40. The Morgan fingerprint density at radius 2 is 1.41 bits per heavy atom. The topological polar surface area (TPSA) is 107 Å². The monoisotopic (exact) mass is 548 g/mol. The first-order chi connectivity index (χ1) is 18.9. The summed E-state index contributed by atoms with van der Waals surface area (Å²) in [4.78, 5) is 8.02. The van der Waals surface area contributed by atoms with Gasteiger partial charge in [-0.3, -0.25) is 9.97 Å². The molecule has 2 saturated heterocycles. The fourth-order valence-electron chi connectivity index (χ4n) is 4.13. The summed E-state index contributed by atoms with van der Waals surface area (Å²) in [6.45, 7) is 3.92. The zero-order chi connectivity index (χ0) is 27.5. The van der Waals surface area contributed by atoms with Crippen molar-refractivity contribution < 1.29 is 37.2 Å². The first kappa shape index (κ1) is 28.7. The largest absolute Gasteiger partial charge is 0.573 e. The minimum absolute atomic E-state index is 0.0112. The molecule has 39 heavy (non-hydrogen) atoms. The second-order valence-corrected chi connectivity index (χ2v) is 8.78. The van der Waals surface area contributed by atoms with Gasteiger partial charge in [-0.25, -0.2) is 0 Å². The fraction of sp³-hybridized carbons (Fsp3) is 0.407. The lowest BCUT2D eigenvalue weighted by Gasteiger charge is -2.31. The van der Waals surface area contributed by atoms with E-state index >= 15 is 0 Å². The summed E-state index contributed by atoms with van der Waals surface area (Å²) in [6, 6.07) is 12.9. The summed E-state index contributed by atoms with van der Waals surface area (Å²) in [5.41, 5.74) is 1.51. The average Bonchev–Trinajstić information content (AvgIpc) is 2.98. The van der Waals surface area contributed by atoms with E-state index in [1.807, 2.05) is 12.1 Å². The van der Waals surface area contributed by atoms with Gasteiger partial charge in [0.1, 0.15) is 18.3 Å². The maximum Gasteiger partial charge on any atom is 0.573 e. The van der Waals surface area contributed by atoms with E-state index in [2.05, 4.69) is 25.3 Å². The van der Waals surface area contributed by atoms with E-state index in [9.17, 15) is 18.3 Å². The average molecular weight is 549 g/mol. The Kier molecular flexibility index (Phi) is 10.5. The molecule has 12 heteroatoms. The van der Waals surface area contributed by atoms with Crippen molar-refractivity contribution in [3.63, 3.8) is 0 Å². The number of halogens is 3. The molecule has 3 aromatic rings. The molecule has 5 rings (SSSR count). The van der Waals surface area contributed by atoms with Crippen LogP contribution in [0.4, 0.5) is 13.2 Å². The van der Waals surface area contributed by atoms with Crippen molar-refractivity contribution in [1.29, 1.82) is 0 Å². The molecule has 9 nitrogen and oxygen atoms in total. The molecule has 0 aliphatic carbocycles. The Balaban J connectivity index is 0.000000212. The van der Waals surface area contributed by atoms with Crippen molar-refractivity contribution in [2.24, 2.45) is 0 Å². The SMILES string of the molecule is FC(F)(F)Oc1ccccc1O[C@@H](c1cccnc1)[C@H]1CNCCO1.OC(c1cccnc1)C1CNCCO1. The van der Waals surface area contributed by atoms with Crippen molar-refractivity contribution in [1.82, 2.24) is 20.6 Å². The summed E-state index contributed by atoms with van der Waals surface area (Å²) in [7, 11) is 0. The molecular formula is C27H31F3N4O5. The van der Waals surface area contributed by atoms with Crippen LogP contribution in [-0.4, -0.2) is 73.0 Å². The van der Waals surface area contributed by atoms with Gasteiger partial charge in [0.25, 0.3) is 0 Å². The summed E-state index contributed by atoms with van der Waals surface area (Å²) < 4.78 is 59.0. The minimum Gasteiger partial charge on any atom is -0.479 e.